The number of hydrogen-bond acceptors (Lipinski definition) is 3. The Morgan fingerprint density at radius 3 is 1.92 bits per heavy atom. The zero-order valence-corrected chi connectivity index (χ0v) is 14.0. The Labute approximate surface area is 141 Å². The van der Waals surface area contributed by atoms with E-state index in [1.54, 1.807) is 0 Å². The summed E-state index contributed by atoms with van der Waals surface area (Å²) in [5, 5.41) is 9.03. The fourth-order valence-corrected chi connectivity index (χ4v) is 2.58. The van der Waals surface area contributed by atoms with E-state index in [4.69, 9.17) is 9.90 Å². The van der Waals surface area contributed by atoms with Gasteiger partial charge >= 0.3 is 0 Å². The SMILES string of the molecule is COC(=O)[O-].Cn1c[n+](C)c(-c2ccccc2)c1-c1ccccc1. The van der Waals surface area contributed by atoms with E-state index in [9.17, 15) is 0 Å². The highest BCUT2D eigenvalue weighted by Crippen LogP contribution is 2.28. The van der Waals surface area contributed by atoms with Crippen LogP contribution < -0.4 is 9.67 Å². The number of nitrogens with zero attached hydrogens (tertiary/aromatic N) is 2. The van der Waals surface area contributed by atoms with Crippen LogP contribution in [0.15, 0.2) is 67.0 Å². The van der Waals surface area contributed by atoms with Gasteiger partial charge in [0.15, 0.2) is 11.4 Å². The number of carboxylic acid groups (broad SMARTS) is 1. The van der Waals surface area contributed by atoms with Gasteiger partial charge < -0.3 is 14.6 Å². The van der Waals surface area contributed by atoms with Crippen molar-refractivity contribution >= 4 is 6.16 Å². The van der Waals surface area contributed by atoms with Crippen LogP contribution in [0.4, 0.5) is 4.79 Å². The summed E-state index contributed by atoms with van der Waals surface area (Å²) >= 11 is 0. The van der Waals surface area contributed by atoms with Gasteiger partial charge in [0.1, 0.15) is 0 Å². The number of imidazole rings is 1. The molecule has 3 rings (SSSR count). The van der Waals surface area contributed by atoms with E-state index in [1.165, 1.54) is 22.5 Å². The molecule has 5 heteroatoms. The van der Waals surface area contributed by atoms with Crippen LogP contribution in [0.1, 0.15) is 0 Å². The maximum atomic E-state index is 9.03. The van der Waals surface area contributed by atoms with E-state index in [1.807, 2.05) is 0 Å². The first-order valence-corrected chi connectivity index (χ1v) is 7.45. The quantitative estimate of drug-likeness (QED) is 0.536. The lowest BCUT2D eigenvalue weighted by Gasteiger charge is -2.02. The zero-order chi connectivity index (χ0) is 17.5. The Morgan fingerprint density at radius 1 is 1.00 bits per heavy atom. The minimum absolute atomic E-state index is 1.04. The summed E-state index contributed by atoms with van der Waals surface area (Å²) in [6.07, 6.45) is 0.620. The lowest BCUT2D eigenvalue weighted by Crippen LogP contribution is -2.27. The average Bonchev–Trinajstić information content (AvgIpc) is 2.91. The van der Waals surface area contributed by atoms with Gasteiger partial charge in [-0.3, -0.25) is 0 Å². The van der Waals surface area contributed by atoms with Crippen LogP contribution in [0.25, 0.3) is 22.5 Å². The summed E-state index contributed by atoms with van der Waals surface area (Å²) in [5.41, 5.74) is 4.97. The van der Waals surface area contributed by atoms with Crippen LogP contribution in [-0.2, 0) is 18.8 Å². The maximum Gasteiger partial charge on any atom is 0.251 e. The molecular formula is C19H20N2O3. The number of aromatic nitrogens is 2. The minimum Gasteiger partial charge on any atom is -0.553 e. The van der Waals surface area contributed by atoms with Crippen molar-refractivity contribution in [2.75, 3.05) is 7.11 Å². The van der Waals surface area contributed by atoms with Gasteiger partial charge in [-0.1, -0.05) is 60.7 Å². The van der Waals surface area contributed by atoms with Crippen molar-refractivity contribution in [1.29, 1.82) is 0 Å². The minimum atomic E-state index is -1.50. The molecule has 0 spiro atoms. The van der Waals surface area contributed by atoms with Crippen LogP contribution >= 0.6 is 0 Å². The van der Waals surface area contributed by atoms with Crippen LogP contribution in [0, 0.1) is 0 Å². The number of methoxy groups -OCH3 is 1. The zero-order valence-electron chi connectivity index (χ0n) is 14.0. The third-order valence-corrected chi connectivity index (χ3v) is 3.54. The lowest BCUT2D eigenvalue weighted by atomic mass is 10.0. The number of aryl methyl sites for hydroxylation is 2. The largest absolute Gasteiger partial charge is 0.553 e. The van der Waals surface area contributed by atoms with Gasteiger partial charge in [0.05, 0.1) is 14.1 Å². The summed E-state index contributed by atoms with van der Waals surface area (Å²) in [4.78, 5) is 9.03. The average molecular weight is 324 g/mol. The number of rotatable bonds is 2. The molecule has 24 heavy (non-hydrogen) atoms. The molecule has 0 fully saturated rings. The number of benzene rings is 2. The molecule has 0 unspecified atom stereocenters. The van der Waals surface area contributed by atoms with Crippen LogP contribution in [0.3, 0.4) is 0 Å². The Balaban J connectivity index is 0.000000368. The summed E-state index contributed by atoms with van der Waals surface area (Å²) in [5.74, 6) is 0. The number of carbonyl (C=O) groups excluding carboxylic acids is 1. The van der Waals surface area contributed by atoms with Crippen LogP contribution in [0.2, 0.25) is 0 Å². The smallest absolute Gasteiger partial charge is 0.251 e. The number of ether oxygens (including phenoxy) is 1. The Kier molecular flexibility index (Phi) is 5.73. The molecule has 0 radical (unpaired) electrons. The van der Waals surface area contributed by atoms with Gasteiger partial charge in [-0.05, 0) is 0 Å². The second-order valence-electron chi connectivity index (χ2n) is 5.22. The maximum absolute atomic E-state index is 9.03. The van der Waals surface area contributed by atoms with E-state index in [0.29, 0.717) is 0 Å². The highest BCUT2D eigenvalue weighted by Gasteiger charge is 2.21. The van der Waals surface area contributed by atoms with E-state index in [-0.39, 0.29) is 0 Å². The molecule has 0 amide bonds. The Bertz CT molecular complexity index is 736. The second-order valence-corrected chi connectivity index (χ2v) is 5.22. The second kappa shape index (κ2) is 7.97. The Hall–Kier alpha value is -3.08. The fourth-order valence-electron chi connectivity index (χ4n) is 2.58. The standard InChI is InChI=1S/C17H17N2.C2H4O3/c1-18-13-19(2)17(15-11-7-4-8-12-15)16(18)14-9-5-3-6-10-14;1-5-2(3)4/h3-13H,1-2H3;1H3,(H,3,4)/q+1;/p-1. The summed E-state index contributed by atoms with van der Waals surface area (Å²) < 4.78 is 7.91. The molecule has 124 valence electrons. The molecule has 3 aromatic rings. The topological polar surface area (TPSA) is 58.2 Å². The molecule has 0 saturated heterocycles. The molecule has 0 saturated carbocycles. The molecular weight excluding hydrogens is 304 g/mol. The van der Waals surface area contributed by atoms with Crippen molar-refractivity contribution in [2.24, 2.45) is 14.1 Å². The van der Waals surface area contributed by atoms with Crippen molar-refractivity contribution in [3.05, 3.63) is 67.0 Å². The van der Waals surface area contributed by atoms with Gasteiger partial charge in [0.2, 0.25) is 6.33 Å². The first kappa shape index (κ1) is 17.3. The molecule has 0 atom stereocenters. The van der Waals surface area contributed by atoms with Gasteiger partial charge in [0.25, 0.3) is 6.16 Å². The normalized spacial score (nSPS) is 9.79. The molecule has 0 N–H and O–H groups in total. The Morgan fingerprint density at radius 2 is 1.46 bits per heavy atom. The van der Waals surface area contributed by atoms with Gasteiger partial charge in [-0.15, -0.1) is 0 Å². The number of carbonyl (C=O) groups is 1. The fraction of sp³-hybridized carbons (Fsp3) is 0.158. The molecule has 2 aromatic carbocycles. The summed E-state index contributed by atoms with van der Waals surface area (Å²) in [7, 11) is 5.22. The summed E-state index contributed by atoms with van der Waals surface area (Å²) in [6.45, 7) is 0. The van der Waals surface area contributed by atoms with Gasteiger partial charge in [-0.25, -0.2) is 9.13 Å². The molecule has 1 heterocycles. The van der Waals surface area contributed by atoms with E-state index in [0.717, 1.165) is 7.11 Å². The van der Waals surface area contributed by atoms with Crippen LogP contribution in [-0.4, -0.2) is 17.8 Å². The highest BCUT2D eigenvalue weighted by molar-refractivity contribution is 5.76. The first-order valence-electron chi connectivity index (χ1n) is 7.45. The predicted octanol–water partition coefficient (Wildman–Crippen LogP) is 2.16. The monoisotopic (exact) mass is 324 g/mol. The molecule has 5 nitrogen and oxygen atoms in total. The third-order valence-electron chi connectivity index (χ3n) is 3.54. The molecule has 1 aromatic heterocycles. The van der Waals surface area contributed by atoms with Crippen LogP contribution in [0.5, 0.6) is 0 Å². The number of hydrogen-bond donors (Lipinski definition) is 0. The third kappa shape index (κ3) is 4.01. The molecule has 0 aliphatic carbocycles. The molecule has 0 bridgehead atoms. The molecule has 0 aliphatic rings. The summed E-state index contributed by atoms with van der Waals surface area (Å²) in [6, 6.07) is 21.0. The first-order chi connectivity index (χ1) is 11.5. The lowest BCUT2D eigenvalue weighted by molar-refractivity contribution is -0.660. The van der Waals surface area contributed by atoms with E-state index >= 15 is 0 Å². The van der Waals surface area contributed by atoms with Gasteiger partial charge in [-0.2, -0.15) is 0 Å². The van der Waals surface area contributed by atoms with Crippen molar-refractivity contribution in [1.82, 2.24) is 4.57 Å². The van der Waals surface area contributed by atoms with Gasteiger partial charge in [0, 0.05) is 18.2 Å². The predicted molar refractivity (Wildman–Crippen MR) is 89.9 cm³/mol. The van der Waals surface area contributed by atoms with Crippen molar-refractivity contribution < 1.29 is 19.2 Å². The van der Waals surface area contributed by atoms with E-state index < -0.39 is 6.16 Å². The van der Waals surface area contributed by atoms with Crippen molar-refractivity contribution in [3.8, 4) is 22.5 Å². The van der Waals surface area contributed by atoms with Crippen molar-refractivity contribution in [2.45, 2.75) is 0 Å². The van der Waals surface area contributed by atoms with E-state index in [2.05, 4.69) is 95.0 Å². The highest BCUT2D eigenvalue weighted by atomic mass is 16.6. The van der Waals surface area contributed by atoms with Crippen molar-refractivity contribution in [3.63, 3.8) is 0 Å². The molecule has 0 aliphatic heterocycles.